The van der Waals surface area contributed by atoms with Gasteiger partial charge in [-0.25, -0.2) is 4.68 Å². The average molecular weight is 222 g/mol. The zero-order valence-electron chi connectivity index (χ0n) is 10.7. The van der Waals surface area contributed by atoms with Gasteiger partial charge in [-0.1, -0.05) is 0 Å². The second-order valence-corrected chi connectivity index (χ2v) is 5.05. The topological polar surface area (TPSA) is 47.1 Å². The molecule has 1 aliphatic rings. The number of aromatic nitrogens is 2. The van der Waals surface area contributed by atoms with Crippen molar-refractivity contribution in [3.05, 3.63) is 5.69 Å². The van der Waals surface area contributed by atoms with Crippen molar-refractivity contribution in [2.24, 2.45) is 0 Å². The predicted molar refractivity (Wildman–Crippen MR) is 67.8 cm³/mol. The van der Waals surface area contributed by atoms with E-state index in [4.69, 9.17) is 5.73 Å². The monoisotopic (exact) mass is 222 g/mol. The van der Waals surface area contributed by atoms with Gasteiger partial charge in [-0.2, -0.15) is 5.10 Å². The summed E-state index contributed by atoms with van der Waals surface area (Å²) >= 11 is 0. The zero-order valence-corrected chi connectivity index (χ0v) is 10.7. The molecular weight excluding hydrogens is 200 g/mol. The molecule has 1 aromatic rings. The minimum absolute atomic E-state index is 0.360. The maximum atomic E-state index is 6.16. The molecule has 0 amide bonds. The summed E-state index contributed by atoms with van der Waals surface area (Å²) in [4.78, 5) is 2.40. The highest BCUT2D eigenvalue weighted by Crippen LogP contribution is 2.34. The lowest BCUT2D eigenvalue weighted by Crippen LogP contribution is -2.30. The molecule has 1 atom stereocenters. The first-order chi connectivity index (χ1) is 7.52. The molecule has 90 valence electrons. The van der Waals surface area contributed by atoms with Gasteiger partial charge in [0, 0.05) is 18.6 Å². The molecule has 4 heteroatoms. The molecule has 1 unspecified atom stereocenters. The summed E-state index contributed by atoms with van der Waals surface area (Å²) in [5.41, 5.74) is 7.95. The van der Waals surface area contributed by atoms with Crippen LogP contribution in [0, 0.1) is 6.92 Å². The second kappa shape index (κ2) is 4.00. The highest BCUT2D eigenvalue weighted by molar-refractivity contribution is 5.67. The smallest absolute Gasteiger partial charge is 0.151 e. The van der Waals surface area contributed by atoms with Crippen LogP contribution in [0.3, 0.4) is 0 Å². The van der Waals surface area contributed by atoms with Crippen LogP contribution in [0.1, 0.15) is 45.3 Å². The Bertz CT molecular complexity index is 381. The first kappa shape index (κ1) is 11.3. The summed E-state index contributed by atoms with van der Waals surface area (Å²) in [6, 6.07) is 0.940. The highest BCUT2D eigenvalue weighted by Gasteiger charge is 2.27. The fourth-order valence-electron chi connectivity index (χ4n) is 2.44. The van der Waals surface area contributed by atoms with Crippen LogP contribution in [0.25, 0.3) is 0 Å². The van der Waals surface area contributed by atoms with E-state index >= 15 is 0 Å². The van der Waals surface area contributed by atoms with E-state index in [0.717, 1.165) is 23.7 Å². The number of hydrogen-bond acceptors (Lipinski definition) is 3. The maximum absolute atomic E-state index is 6.16. The lowest BCUT2D eigenvalue weighted by Gasteiger charge is -2.26. The highest BCUT2D eigenvalue weighted by atomic mass is 15.4. The van der Waals surface area contributed by atoms with Crippen molar-refractivity contribution in [1.29, 1.82) is 0 Å². The van der Waals surface area contributed by atoms with Crippen LogP contribution in [0.2, 0.25) is 0 Å². The SMILES string of the molecule is Cc1nn(C(C)C)c(N2CCCC2C)c1N. The normalized spacial score (nSPS) is 21.1. The fourth-order valence-corrected chi connectivity index (χ4v) is 2.44. The van der Waals surface area contributed by atoms with Gasteiger partial charge in [0.2, 0.25) is 0 Å². The van der Waals surface area contributed by atoms with Crippen molar-refractivity contribution in [3.63, 3.8) is 0 Å². The average Bonchev–Trinajstić information content (AvgIpc) is 2.73. The summed E-state index contributed by atoms with van der Waals surface area (Å²) in [6.45, 7) is 9.65. The van der Waals surface area contributed by atoms with Gasteiger partial charge >= 0.3 is 0 Å². The van der Waals surface area contributed by atoms with E-state index in [1.165, 1.54) is 12.8 Å². The van der Waals surface area contributed by atoms with Gasteiger partial charge in [0.15, 0.2) is 5.82 Å². The first-order valence-electron chi connectivity index (χ1n) is 6.13. The Morgan fingerprint density at radius 3 is 2.62 bits per heavy atom. The Hall–Kier alpha value is -1.19. The van der Waals surface area contributed by atoms with Crippen molar-refractivity contribution < 1.29 is 0 Å². The number of nitrogens with zero attached hydrogens (tertiary/aromatic N) is 3. The molecule has 2 rings (SSSR count). The van der Waals surface area contributed by atoms with E-state index in [-0.39, 0.29) is 0 Å². The Morgan fingerprint density at radius 1 is 1.44 bits per heavy atom. The van der Waals surface area contributed by atoms with Crippen LogP contribution in [0.15, 0.2) is 0 Å². The molecule has 16 heavy (non-hydrogen) atoms. The predicted octanol–water partition coefficient (Wildman–Crippen LogP) is 2.34. The van der Waals surface area contributed by atoms with Crippen LogP contribution in [0.5, 0.6) is 0 Å². The lowest BCUT2D eigenvalue weighted by atomic mass is 10.2. The molecule has 1 aromatic heterocycles. The van der Waals surface area contributed by atoms with Crippen LogP contribution in [-0.2, 0) is 0 Å². The number of nitrogens with two attached hydrogens (primary N) is 1. The van der Waals surface area contributed by atoms with Crippen molar-refractivity contribution in [2.75, 3.05) is 17.2 Å². The molecule has 0 aromatic carbocycles. The number of aryl methyl sites for hydroxylation is 1. The molecule has 1 saturated heterocycles. The summed E-state index contributed by atoms with van der Waals surface area (Å²) in [5, 5.41) is 4.54. The second-order valence-electron chi connectivity index (χ2n) is 5.05. The van der Waals surface area contributed by atoms with Gasteiger partial charge in [-0.15, -0.1) is 0 Å². The Kier molecular flexibility index (Phi) is 2.82. The number of nitrogen functional groups attached to an aromatic ring is 1. The van der Waals surface area contributed by atoms with Gasteiger partial charge in [-0.3, -0.25) is 0 Å². The van der Waals surface area contributed by atoms with Crippen molar-refractivity contribution in [2.45, 2.75) is 52.6 Å². The van der Waals surface area contributed by atoms with Gasteiger partial charge < -0.3 is 10.6 Å². The van der Waals surface area contributed by atoms with Gasteiger partial charge in [-0.05, 0) is 40.5 Å². The molecule has 1 fully saturated rings. The standard InChI is InChI=1S/C12H22N4/c1-8(2)16-12(11(13)10(4)14-16)15-7-5-6-9(15)3/h8-9H,5-7,13H2,1-4H3. The van der Waals surface area contributed by atoms with Crippen LogP contribution in [0.4, 0.5) is 11.5 Å². The molecule has 0 saturated carbocycles. The third-order valence-corrected chi connectivity index (χ3v) is 3.42. The largest absolute Gasteiger partial charge is 0.394 e. The van der Waals surface area contributed by atoms with Crippen molar-refractivity contribution in [1.82, 2.24) is 9.78 Å². The molecule has 0 bridgehead atoms. The maximum Gasteiger partial charge on any atom is 0.151 e. The molecule has 0 radical (unpaired) electrons. The van der Waals surface area contributed by atoms with Gasteiger partial charge in [0.1, 0.15) is 0 Å². The van der Waals surface area contributed by atoms with E-state index in [1.807, 2.05) is 6.92 Å². The van der Waals surface area contributed by atoms with E-state index in [1.54, 1.807) is 0 Å². The minimum atomic E-state index is 0.360. The Morgan fingerprint density at radius 2 is 2.12 bits per heavy atom. The number of hydrogen-bond donors (Lipinski definition) is 1. The van der Waals surface area contributed by atoms with E-state index < -0.39 is 0 Å². The van der Waals surface area contributed by atoms with E-state index in [2.05, 4.69) is 35.5 Å². The summed E-state index contributed by atoms with van der Waals surface area (Å²) in [5.74, 6) is 1.12. The van der Waals surface area contributed by atoms with E-state index in [0.29, 0.717) is 12.1 Å². The quantitative estimate of drug-likeness (QED) is 0.835. The Labute approximate surface area is 97.4 Å². The third kappa shape index (κ3) is 1.66. The third-order valence-electron chi connectivity index (χ3n) is 3.42. The van der Waals surface area contributed by atoms with Crippen molar-refractivity contribution >= 4 is 11.5 Å². The lowest BCUT2D eigenvalue weighted by molar-refractivity contribution is 0.520. The fraction of sp³-hybridized carbons (Fsp3) is 0.750. The van der Waals surface area contributed by atoms with Gasteiger partial charge in [0.25, 0.3) is 0 Å². The Balaban J connectivity index is 2.45. The molecule has 2 heterocycles. The molecule has 2 N–H and O–H groups in total. The minimum Gasteiger partial charge on any atom is -0.394 e. The first-order valence-corrected chi connectivity index (χ1v) is 6.13. The molecule has 1 aliphatic heterocycles. The molecule has 0 aliphatic carbocycles. The number of anilines is 2. The van der Waals surface area contributed by atoms with E-state index in [9.17, 15) is 0 Å². The van der Waals surface area contributed by atoms with Gasteiger partial charge in [0.05, 0.1) is 11.4 Å². The summed E-state index contributed by atoms with van der Waals surface area (Å²) in [7, 11) is 0. The number of rotatable bonds is 2. The van der Waals surface area contributed by atoms with Crippen LogP contribution < -0.4 is 10.6 Å². The summed E-state index contributed by atoms with van der Waals surface area (Å²) < 4.78 is 2.06. The van der Waals surface area contributed by atoms with Crippen LogP contribution in [-0.4, -0.2) is 22.4 Å². The molecule has 0 spiro atoms. The van der Waals surface area contributed by atoms with Crippen LogP contribution >= 0.6 is 0 Å². The molecule has 4 nitrogen and oxygen atoms in total. The molecular formula is C12H22N4. The summed E-state index contributed by atoms with van der Waals surface area (Å²) in [6.07, 6.45) is 2.50. The zero-order chi connectivity index (χ0) is 11.9. The van der Waals surface area contributed by atoms with Crippen molar-refractivity contribution in [3.8, 4) is 0 Å².